The number of carbonyl (C=O) groups excluding carboxylic acids is 2. The lowest BCUT2D eigenvalue weighted by atomic mass is 10.1. The normalized spacial score (nSPS) is 12.3. The van der Waals surface area contributed by atoms with Crippen molar-refractivity contribution in [2.45, 2.75) is 32.9 Å². The number of nitrogens with zero attached hydrogens (tertiary/aromatic N) is 2. The molecule has 0 fully saturated rings. The second-order valence-corrected chi connectivity index (χ2v) is 5.99. The summed E-state index contributed by atoms with van der Waals surface area (Å²) in [5, 5.41) is 2.82. The van der Waals surface area contributed by atoms with Crippen LogP contribution >= 0.6 is 0 Å². The van der Waals surface area contributed by atoms with Gasteiger partial charge in [0.15, 0.2) is 0 Å². The van der Waals surface area contributed by atoms with E-state index in [0.717, 1.165) is 5.56 Å². The lowest BCUT2D eigenvalue weighted by Gasteiger charge is -2.27. The first-order valence-corrected chi connectivity index (χ1v) is 7.59. The van der Waals surface area contributed by atoms with Crippen LogP contribution in [0.2, 0.25) is 0 Å². The lowest BCUT2D eigenvalue weighted by Crippen LogP contribution is -2.43. The molecule has 0 aliphatic heterocycles. The number of carbonyl (C=O) groups is 2. The average molecular weight is 305 g/mol. The Labute approximate surface area is 133 Å². The van der Waals surface area contributed by atoms with E-state index in [1.54, 1.807) is 23.9 Å². The Morgan fingerprint density at radius 1 is 1.05 bits per heavy atom. The van der Waals surface area contributed by atoms with Crippen molar-refractivity contribution in [2.24, 2.45) is 0 Å². The molecule has 1 N–H and O–H groups in total. The van der Waals surface area contributed by atoms with Crippen LogP contribution < -0.4 is 5.32 Å². The highest BCUT2D eigenvalue weighted by atomic mass is 16.2. The number of hydrogen-bond acceptors (Lipinski definition) is 3. The molecule has 1 atom stereocenters. The van der Waals surface area contributed by atoms with E-state index >= 15 is 0 Å². The minimum absolute atomic E-state index is 0.00352. The number of likely N-dealkylation sites (N-methyl/N-ethyl adjacent to an activating group) is 2. The third-order valence-electron chi connectivity index (χ3n) is 3.52. The first-order chi connectivity index (χ1) is 10.3. The standard InChI is InChI=1S/C17H27N3O2/c1-13(2)18-16(21)11-19(4)12-17(22)20(5)14(3)15-9-7-6-8-10-15/h6-10,13-14H,11-12H2,1-5H3,(H,18,21)/t14-/m1/s1. The van der Waals surface area contributed by atoms with Crippen LogP contribution in [0.25, 0.3) is 0 Å². The topological polar surface area (TPSA) is 52.7 Å². The second-order valence-electron chi connectivity index (χ2n) is 5.99. The third kappa shape index (κ3) is 5.85. The zero-order chi connectivity index (χ0) is 16.7. The molecule has 0 aliphatic carbocycles. The predicted molar refractivity (Wildman–Crippen MR) is 88.4 cm³/mol. The van der Waals surface area contributed by atoms with Gasteiger partial charge in [-0.1, -0.05) is 30.3 Å². The molecular weight excluding hydrogens is 278 g/mol. The third-order valence-corrected chi connectivity index (χ3v) is 3.52. The van der Waals surface area contributed by atoms with Gasteiger partial charge in [-0.15, -0.1) is 0 Å². The molecule has 0 spiro atoms. The van der Waals surface area contributed by atoms with Crippen molar-refractivity contribution in [3.63, 3.8) is 0 Å². The molecule has 0 unspecified atom stereocenters. The van der Waals surface area contributed by atoms with E-state index in [4.69, 9.17) is 0 Å². The Bertz CT molecular complexity index is 488. The summed E-state index contributed by atoms with van der Waals surface area (Å²) in [6, 6.07) is 10.0. The van der Waals surface area contributed by atoms with Gasteiger partial charge in [-0.3, -0.25) is 14.5 Å². The van der Waals surface area contributed by atoms with E-state index < -0.39 is 0 Å². The minimum atomic E-state index is -0.0657. The molecule has 0 aromatic heterocycles. The van der Waals surface area contributed by atoms with Crippen molar-refractivity contribution in [2.75, 3.05) is 27.2 Å². The fourth-order valence-electron chi connectivity index (χ4n) is 2.18. The van der Waals surface area contributed by atoms with Crippen molar-refractivity contribution < 1.29 is 9.59 Å². The van der Waals surface area contributed by atoms with Crippen LogP contribution in [-0.2, 0) is 9.59 Å². The fourth-order valence-corrected chi connectivity index (χ4v) is 2.18. The molecule has 22 heavy (non-hydrogen) atoms. The molecule has 1 aromatic rings. The van der Waals surface area contributed by atoms with Crippen molar-refractivity contribution in [1.82, 2.24) is 15.1 Å². The van der Waals surface area contributed by atoms with Crippen molar-refractivity contribution in [3.8, 4) is 0 Å². The van der Waals surface area contributed by atoms with Crippen LogP contribution in [0, 0.1) is 0 Å². The maximum atomic E-state index is 12.3. The smallest absolute Gasteiger partial charge is 0.236 e. The molecule has 0 radical (unpaired) electrons. The van der Waals surface area contributed by atoms with Crippen LogP contribution in [-0.4, -0.2) is 54.8 Å². The quantitative estimate of drug-likeness (QED) is 0.833. The summed E-state index contributed by atoms with van der Waals surface area (Å²) in [7, 11) is 3.57. The van der Waals surface area contributed by atoms with Gasteiger partial charge in [0, 0.05) is 13.1 Å². The van der Waals surface area contributed by atoms with Gasteiger partial charge in [0.2, 0.25) is 11.8 Å². The van der Waals surface area contributed by atoms with E-state index in [0.29, 0.717) is 0 Å². The summed E-state index contributed by atoms with van der Waals surface area (Å²) < 4.78 is 0. The molecule has 0 aliphatic rings. The van der Waals surface area contributed by atoms with E-state index in [1.165, 1.54) is 0 Å². The van der Waals surface area contributed by atoms with Gasteiger partial charge in [-0.2, -0.15) is 0 Å². The number of nitrogens with one attached hydrogen (secondary N) is 1. The molecule has 5 heteroatoms. The van der Waals surface area contributed by atoms with Gasteiger partial charge >= 0.3 is 0 Å². The maximum Gasteiger partial charge on any atom is 0.236 e. The number of benzene rings is 1. The molecule has 0 saturated heterocycles. The molecule has 0 heterocycles. The molecule has 0 bridgehead atoms. The number of rotatable bonds is 7. The molecule has 122 valence electrons. The number of hydrogen-bond donors (Lipinski definition) is 1. The Kier molecular flexibility index (Phi) is 7.05. The minimum Gasteiger partial charge on any atom is -0.353 e. The first-order valence-electron chi connectivity index (χ1n) is 7.59. The maximum absolute atomic E-state index is 12.3. The summed E-state index contributed by atoms with van der Waals surface area (Å²) in [6.45, 7) is 6.27. The molecule has 1 rings (SSSR count). The van der Waals surface area contributed by atoms with E-state index in [2.05, 4.69) is 5.32 Å². The van der Waals surface area contributed by atoms with Gasteiger partial charge < -0.3 is 10.2 Å². The van der Waals surface area contributed by atoms with E-state index in [9.17, 15) is 9.59 Å². The Hall–Kier alpha value is -1.88. The van der Waals surface area contributed by atoms with Crippen molar-refractivity contribution in [3.05, 3.63) is 35.9 Å². The first kappa shape index (κ1) is 18.2. The van der Waals surface area contributed by atoms with Crippen molar-refractivity contribution >= 4 is 11.8 Å². The largest absolute Gasteiger partial charge is 0.353 e. The summed E-state index contributed by atoms with van der Waals surface area (Å²) >= 11 is 0. The number of amides is 2. The van der Waals surface area contributed by atoms with E-state index in [-0.39, 0.29) is 37.0 Å². The van der Waals surface area contributed by atoms with Gasteiger partial charge in [-0.05, 0) is 33.4 Å². The second kappa shape index (κ2) is 8.54. The molecule has 0 saturated carbocycles. The zero-order valence-electron chi connectivity index (χ0n) is 14.2. The van der Waals surface area contributed by atoms with Gasteiger partial charge in [0.25, 0.3) is 0 Å². The summed E-state index contributed by atoms with van der Waals surface area (Å²) in [5.41, 5.74) is 1.10. The summed E-state index contributed by atoms with van der Waals surface area (Å²) in [4.78, 5) is 27.5. The van der Waals surface area contributed by atoms with Crippen LogP contribution in [0.5, 0.6) is 0 Å². The van der Waals surface area contributed by atoms with Crippen LogP contribution in [0.1, 0.15) is 32.4 Å². The highest BCUT2D eigenvalue weighted by molar-refractivity contribution is 5.81. The Morgan fingerprint density at radius 2 is 1.64 bits per heavy atom. The zero-order valence-corrected chi connectivity index (χ0v) is 14.2. The van der Waals surface area contributed by atoms with Gasteiger partial charge in [-0.25, -0.2) is 0 Å². The SMILES string of the molecule is CC(C)NC(=O)CN(C)CC(=O)N(C)[C@H](C)c1ccccc1. The highest BCUT2D eigenvalue weighted by Crippen LogP contribution is 2.18. The van der Waals surface area contributed by atoms with Crippen molar-refractivity contribution in [1.29, 1.82) is 0 Å². The van der Waals surface area contributed by atoms with Gasteiger partial charge in [0.05, 0.1) is 19.1 Å². The molecule has 1 aromatic carbocycles. The Balaban J connectivity index is 2.51. The van der Waals surface area contributed by atoms with E-state index in [1.807, 2.05) is 51.1 Å². The fraction of sp³-hybridized carbons (Fsp3) is 0.529. The predicted octanol–water partition coefficient (Wildman–Crippen LogP) is 1.66. The van der Waals surface area contributed by atoms with Crippen LogP contribution in [0.4, 0.5) is 0 Å². The lowest BCUT2D eigenvalue weighted by molar-refractivity contribution is -0.133. The monoisotopic (exact) mass is 305 g/mol. The molecule has 2 amide bonds. The molecular formula is C17H27N3O2. The summed E-state index contributed by atoms with van der Waals surface area (Å²) in [6.07, 6.45) is 0. The molecule has 5 nitrogen and oxygen atoms in total. The Morgan fingerprint density at radius 3 is 2.18 bits per heavy atom. The van der Waals surface area contributed by atoms with Crippen LogP contribution in [0.15, 0.2) is 30.3 Å². The highest BCUT2D eigenvalue weighted by Gasteiger charge is 2.19. The van der Waals surface area contributed by atoms with Crippen LogP contribution in [0.3, 0.4) is 0 Å². The van der Waals surface area contributed by atoms with Gasteiger partial charge in [0.1, 0.15) is 0 Å². The summed E-state index contributed by atoms with van der Waals surface area (Å²) in [5.74, 6) is -0.0692. The average Bonchev–Trinajstić information content (AvgIpc) is 2.45.